The molecule has 0 saturated carbocycles. The second-order valence-corrected chi connectivity index (χ2v) is 6.60. The molecule has 1 aromatic rings. The second kappa shape index (κ2) is 7.12. The van der Waals surface area contributed by atoms with Gasteiger partial charge in [-0.25, -0.2) is 0 Å². The number of anilines is 2. The summed E-state index contributed by atoms with van der Waals surface area (Å²) >= 11 is 13.5. The first kappa shape index (κ1) is 15.5. The number of rotatable bonds is 5. The molecule has 0 heterocycles. The highest BCUT2D eigenvalue weighted by Gasteiger charge is 2.10. The van der Waals surface area contributed by atoms with Gasteiger partial charge in [0.05, 0.1) is 16.4 Å². The molecule has 0 aliphatic rings. The third kappa shape index (κ3) is 4.96. The van der Waals surface area contributed by atoms with Gasteiger partial charge in [0, 0.05) is 17.2 Å². The summed E-state index contributed by atoms with van der Waals surface area (Å²) in [6, 6.07) is 3.11. The van der Waals surface area contributed by atoms with E-state index in [1.165, 1.54) is 0 Å². The number of benzene rings is 1. The monoisotopic (exact) mass is 306 g/mol. The van der Waals surface area contributed by atoms with Crippen molar-refractivity contribution in [3.8, 4) is 0 Å². The summed E-state index contributed by atoms with van der Waals surface area (Å²) in [7, 11) is 0. The molecule has 0 bridgehead atoms. The van der Waals surface area contributed by atoms with Gasteiger partial charge in [-0.1, -0.05) is 37.0 Å². The minimum Gasteiger partial charge on any atom is -0.397 e. The second-order valence-electron chi connectivity index (χ2n) is 4.07. The molecule has 6 heteroatoms. The topological polar surface area (TPSA) is 55.1 Å². The lowest BCUT2D eigenvalue weighted by Gasteiger charge is -2.11. The number of thioether (sulfide) groups is 1. The Morgan fingerprint density at radius 2 is 2.11 bits per heavy atom. The van der Waals surface area contributed by atoms with Crippen molar-refractivity contribution in [3.05, 3.63) is 22.2 Å². The van der Waals surface area contributed by atoms with Crippen molar-refractivity contribution in [2.75, 3.05) is 16.8 Å². The first-order valence-electron chi connectivity index (χ1n) is 5.56. The van der Waals surface area contributed by atoms with Gasteiger partial charge in [-0.05, 0) is 17.4 Å². The predicted molar refractivity (Wildman–Crippen MR) is 81.7 cm³/mol. The summed E-state index contributed by atoms with van der Waals surface area (Å²) in [6.45, 7) is 4.19. The molecule has 0 aliphatic carbocycles. The number of carbonyl (C=O) groups excluding carboxylic acids is 1. The summed E-state index contributed by atoms with van der Waals surface area (Å²) in [5.74, 6) is 0.674. The van der Waals surface area contributed by atoms with E-state index in [1.54, 1.807) is 23.9 Å². The van der Waals surface area contributed by atoms with Gasteiger partial charge >= 0.3 is 0 Å². The van der Waals surface area contributed by atoms with Gasteiger partial charge in [0.2, 0.25) is 5.91 Å². The maximum Gasteiger partial charge on any atom is 0.225 e. The minimum atomic E-state index is -0.0981. The Kier molecular flexibility index (Phi) is 6.12. The van der Waals surface area contributed by atoms with Crippen LogP contribution in [0.5, 0.6) is 0 Å². The summed E-state index contributed by atoms with van der Waals surface area (Å²) in [6.07, 6.45) is 0.432. The van der Waals surface area contributed by atoms with Crippen LogP contribution < -0.4 is 11.1 Å². The SMILES string of the molecule is CC(C)SCCC(=O)Nc1c(N)cc(Cl)cc1Cl. The van der Waals surface area contributed by atoms with Crippen molar-refractivity contribution < 1.29 is 4.79 Å². The molecule has 0 atom stereocenters. The van der Waals surface area contributed by atoms with E-state index < -0.39 is 0 Å². The molecular formula is C12H16Cl2N2OS. The highest BCUT2D eigenvalue weighted by molar-refractivity contribution is 7.99. The van der Waals surface area contributed by atoms with Gasteiger partial charge in [0.1, 0.15) is 0 Å². The highest BCUT2D eigenvalue weighted by Crippen LogP contribution is 2.32. The summed E-state index contributed by atoms with van der Waals surface area (Å²) in [5, 5.41) is 4.03. The average Bonchev–Trinajstić information content (AvgIpc) is 2.22. The highest BCUT2D eigenvalue weighted by atomic mass is 35.5. The summed E-state index contributed by atoms with van der Waals surface area (Å²) < 4.78 is 0. The van der Waals surface area contributed by atoms with Crippen molar-refractivity contribution in [1.82, 2.24) is 0 Å². The zero-order chi connectivity index (χ0) is 13.7. The van der Waals surface area contributed by atoms with Crippen LogP contribution in [0.15, 0.2) is 12.1 Å². The van der Waals surface area contributed by atoms with Crippen molar-refractivity contribution in [2.45, 2.75) is 25.5 Å². The van der Waals surface area contributed by atoms with Gasteiger partial charge in [0.15, 0.2) is 0 Å². The Labute approximate surface area is 121 Å². The first-order valence-corrected chi connectivity index (χ1v) is 7.36. The van der Waals surface area contributed by atoms with Crippen LogP contribution in [0.3, 0.4) is 0 Å². The number of nitrogens with one attached hydrogen (secondary N) is 1. The van der Waals surface area contributed by atoms with Crippen LogP contribution in [0, 0.1) is 0 Å². The Bertz CT molecular complexity index is 415. The first-order chi connectivity index (χ1) is 8.40. The van der Waals surface area contributed by atoms with E-state index in [1.807, 2.05) is 0 Å². The minimum absolute atomic E-state index is 0.0981. The molecule has 3 N–H and O–H groups in total. The summed E-state index contributed by atoms with van der Waals surface area (Å²) in [4.78, 5) is 11.7. The Balaban J connectivity index is 2.59. The maximum atomic E-state index is 11.7. The van der Waals surface area contributed by atoms with Crippen molar-refractivity contribution >= 4 is 52.2 Å². The van der Waals surface area contributed by atoms with E-state index in [0.29, 0.717) is 33.1 Å². The van der Waals surface area contributed by atoms with E-state index in [2.05, 4.69) is 19.2 Å². The lowest BCUT2D eigenvalue weighted by molar-refractivity contribution is -0.115. The standard InChI is InChI=1S/C12H16Cl2N2OS/c1-7(2)18-4-3-11(17)16-12-9(14)5-8(13)6-10(12)15/h5-7H,3-4,15H2,1-2H3,(H,16,17). The number of halogens is 2. The van der Waals surface area contributed by atoms with Crippen LogP contribution in [-0.4, -0.2) is 16.9 Å². The third-order valence-corrected chi connectivity index (χ3v) is 3.75. The van der Waals surface area contributed by atoms with Gasteiger partial charge < -0.3 is 11.1 Å². The molecular weight excluding hydrogens is 291 g/mol. The number of amides is 1. The van der Waals surface area contributed by atoms with Crippen LogP contribution in [-0.2, 0) is 4.79 Å². The lowest BCUT2D eigenvalue weighted by Crippen LogP contribution is -2.14. The lowest BCUT2D eigenvalue weighted by atomic mass is 10.2. The Hall–Kier alpha value is -0.580. The molecule has 0 unspecified atom stereocenters. The molecule has 0 radical (unpaired) electrons. The van der Waals surface area contributed by atoms with E-state index >= 15 is 0 Å². The molecule has 18 heavy (non-hydrogen) atoms. The number of carbonyl (C=O) groups is 1. The largest absolute Gasteiger partial charge is 0.397 e. The molecule has 0 spiro atoms. The number of hydrogen-bond donors (Lipinski definition) is 2. The van der Waals surface area contributed by atoms with E-state index in [4.69, 9.17) is 28.9 Å². The zero-order valence-corrected chi connectivity index (χ0v) is 12.6. The zero-order valence-electron chi connectivity index (χ0n) is 10.3. The van der Waals surface area contributed by atoms with E-state index in [9.17, 15) is 4.79 Å². The van der Waals surface area contributed by atoms with Crippen molar-refractivity contribution in [2.24, 2.45) is 0 Å². The van der Waals surface area contributed by atoms with E-state index in [-0.39, 0.29) is 5.91 Å². The van der Waals surface area contributed by atoms with Gasteiger partial charge in [-0.15, -0.1) is 0 Å². The Morgan fingerprint density at radius 3 is 2.67 bits per heavy atom. The Morgan fingerprint density at radius 1 is 1.44 bits per heavy atom. The number of nitrogen functional groups attached to an aromatic ring is 1. The number of hydrogen-bond acceptors (Lipinski definition) is 3. The van der Waals surface area contributed by atoms with Crippen LogP contribution in [0.1, 0.15) is 20.3 Å². The average molecular weight is 307 g/mol. The fourth-order valence-electron chi connectivity index (χ4n) is 1.31. The fraction of sp³-hybridized carbons (Fsp3) is 0.417. The van der Waals surface area contributed by atoms with Crippen LogP contribution in [0.25, 0.3) is 0 Å². The molecule has 1 amide bonds. The smallest absolute Gasteiger partial charge is 0.225 e. The van der Waals surface area contributed by atoms with Crippen molar-refractivity contribution in [1.29, 1.82) is 0 Å². The fourth-order valence-corrected chi connectivity index (χ4v) is 2.65. The molecule has 1 aromatic carbocycles. The quantitative estimate of drug-likeness (QED) is 0.807. The van der Waals surface area contributed by atoms with E-state index in [0.717, 1.165) is 5.75 Å². The molecule has 1 rings (SSSR count). The molecule has 0 fully saturated rings. The van der Waals surface area contributed by atoms with Gasteiger partial charge in [-0.2, -0.15) is 11.8 Å². The molecule has 100 valence electrons. The molecule has 3 nitrogen and oxygen atoms in total. The maximum absolute atomic E-state index is 11.7. The van der Waals surface area contributed by atoms with Crippen LogP contribution in [0.4, 0.5) is 11.4 Å². The van der Waals surface area contributed by atoms with Gasteiger partial charge in [0.25, 0.3) is 0 Å². The number of nitrogens with two attached hydrogens (primary N) is 1. The van der Waals surface area contributed by atoms with Crippen LogP contribution >= 0.6 is 35.0 Å². The third-order valence-electron chi connectivity index (χ3n) is 2.13. The van der Waals surface area contributed by atoms with Gasteiger partial charge in [-0.3, -0.25) is 4.79 Å². The van der Waals surface area contributed by atoms with Crippen LogP contribution in [0.2, 0.25) is 10.0 Å². The molecule has 0 aliphatic heterocycles. The van der Waals surface area contributed by atoms with Crippen molar-refractivity contribution in [3.63, 3.8) is 0 Å². The molecule has 0 aromatic heterocycles. The predicted octanol–water partition coefficient (Wildman–Crippen LogP) is 4.05. The summed E-state index contributed by atoms with van der Waals surface area (Å²) in [5.41, 5.74) is 6.56. The molecule has 0 saturated heterocycles. The normalized spacial score (nSPS) is 10.7.